The van der Waals surface area contributed by atoms with Crippen LogP contribution in [-0.4, -0.2) is 19.5 Å². The summed E-state index contributed by atoms with van der Waals surface area (Å²) < 4.78 is 11.3. The number of benzene rings is 1. The van der Waals surface area contributed by atoms with Crippen LogP contribution in [0.3, 0.4) is 0 Å². The van der Waals surface area contributed by atoms with Crippen LogP contribution in [0, 0.1) is 5.92 Å². The molecule has 0 heterocycles. The van der Waals surface area contributed by atoms with Crippen LogP contribution in [0.1, 0.15) is 52.0 Å². The van der Waals surface area contributed by atoms with E-state index in [9.17, 15) is 4.79 Å². The quantitative estimate of drug-likeness (QED) is 0.818. The molecule has 2 rings (SSSR count). The number of ketones is 1. The number of Topliss-reactive ketones (excluding diaryl/α,β-unsaturated/α-hetero) is 1. The summed E-state index contributed by atoms with van der Waals surface area (Å²) in [4.78, 5) is 11.7. The molecule has 3 heteroatoms. The molecule has 1 aromatic rings. The van der Waals surface area contributed by atoms with Gasteiger partial charge in [0.2, 0.25) is 0 Å². The van der Waals surface area contributed by atoms with Crippen molar-refractivity contribution in [2.24, 2.45) is 5.92 Å². The van der Waals surface area contributed by atoms with Gasteiger partial charge in [-0.3, -0.25) is 4.79 Å². The van der Waals surface area contributed by atoms with Crippen LogP contribution in [-0.2, 0) is 10.2 Å². The van der Waals surface area contributed by atoms with Crippen LogP contribution in [0.4, 0.5) is 0 Å². The Bertz CT molecular complexity index is 500. The average Bonchev–Trinajstić information content (AvgIpc) is 2.83. The summed E-state index contributed by atoms with van der Waals surface area (Å²) in [7, 11) is 1.67. The van der Waals surface area contributed by atoms with Gasteiger partial charge >= 0.3 is 0 Å². The summed E-state index contributed by atoms with van der Waals surface area (Å²) in [6.45, 7) is 7.09. The fourth-order valence-corrected chi connectivity index (χ4v) is 2.85. The Kier molecular flexibility index (Phi) is 4.92. The van der Waals surface area contributed by atoms with Crippen molar-refractivity contribution in [1.82, 2.24) is 0 Å². The molecule has 1 unspecified atom stereocenters. The monoisotopic (exact) mass is 290 g/mol. The largest absolute Gasteiger partial charge is 0.497 e. The number of carbonyl (C=O) groups is 1. The Balaban J connectivity index is 2.03. The molecule has 0 saturated heterocycles. The molecule has 1 fully saturated rings. The molecule has 0 N–H and O–H groups in total. The highest BCUT2D eigenvalue weighted by Gasteiger charge is 2.25. The second-order valence-corrected chi connectivity index (χ2v) is 6.80. The molecule has 0 amide bonds. The summed E-state index contributed by atoms with van der Waals surface area (Å²) in [5, 5.41) is 0. The maximum Gasteiger partial charge on any atom is 0.136 e. The van der Waals surface area contributed by atoms with Crippen molar-refractivity contribution in [2.45, 2.75) is 51.9 Å². The maximum absolute atomic E-state index is 11.7. The van der Waals surface area contributed by atoms with E-state index >= 15 is 0 Å². The van der Waals surface area contributed by atoms with Crippen molar-refractivity contribution in [2.75, 3.05) is 13.7 Å². The van der Waals surface area contributed by atoms with Gasteiger partial charge < -0.3 is 9.47 Å². The minimum atomic E-state index is -0.00689. The first-order valence-corrected chi connectivity index (χ1v) is 7.76. The lowest BCUT2D eigenvalue weighted by atomic mass is 9.86. The highest BCUT2D eigenvalue weighted by atomic mass is 16.5. The van der Waals surface area contributed by atoms with E-state index in [1.165, 1.54) is 0 Å². The lowest BCUT2D eigenvalue weighted by molar-refractivity contribution is -0.121. The molecule has 1 aliphatic carbocycles. The van der Waals surface area contributed by atoms with Gasteiger partial charge in [0.1, 0.15) is 17.3 Å². The normalized spacial score (nSPS) is 18.9. The Morgan fingerprint density at radius 3 is 2.62 bits per heavy atom. The van der Waals surface area contributed by atoms with Crippen molar-refractivity contribution in [3.05, 3.63) is 23.8 Å². The molecule has 1 saturated carbocycles. The molecule has 3 nitrogen and oxygen atoms in total. The summed E-state index contributed by atoms with van der Waals surface area (Å²) in [6, 6.07) is 5.93. The molecule has 0 aliphatic heterocycles. The van der Waals surface area contributed by atoms with Crippen LogP contribution in [0.2, 0.25) is 0 Å². The molecule has 0 bridgehead atoms. The van der Waals surface area contributed by atoms with Crippen LogP contribution in [0.15, 0.2) is 18.2 Å². The maximum atomic E-state index is 11.7. The molecular formula is C18H26O3. The predicted octanol–water partition coefficient (Wildman–Crippen LogP) is 4.13. The standard InChI is InChI=1S/C18H26O3/c1-18(2,3)15-12-14(20-4)8-9-17(15)21-11-10-13-6-5-7-16(13)19/h8-9,12-13H,5-7,10-11H2,1-4H3. The third kappa shape index (κ3) is 3.99. The first kappa shape index (κ1) is 15.9. The molecule has 1 aromatic carbocycles. The van der Waals surface area contributed by atoms with Gasteiger partial charge in [-0.05, 0) is 42.9 Å². The highest BCUT2D eigenvalue weighted by Crippen LogP contribution is 2.34. The van der Waals surface area contributed by atoms with Gasteiger partial charge in [0.15, 0.2) is 0 Å². The van der Waals surface area contributed by atoms with Gasteiger partial charge in [0.05, 0.1) is 13.7 Å². The van der Waals surface area contributed by atoms with E-state index in [1.54, 1.807) is 7.11 Å². The Labute approximate surface area is 127 Å². The van der Waals surface area contributed by atoms with E-state index in [2.05, 4.69) is 20.8 Å². The predicted molar refractivity (Wildman–Crippen MR) is 84.2 cm³/mol. The number of carbonyl (C=O) groups excluding carboxylic acids is 1. The van der Waals surface area contributed by atoms with E-state index < -0.39 is 0 Å². The van der Waals surface area contributed by atoms with E-state index in [0.717, 1.165) is 42.7 Å². The SMILES string of the molecule is COc1ccc(OCCC2CCCC2=O)c(C(C)(C)C)c1. The fraction of sp³-hybridized carbons (Fsp3) is 0.611. The van der Waals surface area contributed by atoms with Gasteiger partial charge in [0.25, 0.3) is 0 Å². The third-order valence-electron chi connectivity index (χ3n) is 4.15. The van der Waals surface area contributed by atoms with Crippen molar-refractivity contribution in [3.8, 4) is 11.5 Å². The molecule has 0 aromatic heterocycles. The summed E-state index contributed by atoms with van der Waals surface area (Å²) in [5.41, 5.74) is 1.13. The van der Waals surface area contributed by atoms with E-state index in [0.29, 0.717) is 12.4 Å². The molecule has 1 aliphatic rings. The average molecular weight is 290 g/mol. The van der Waals surface area contributed by atoms with Gasteiger partial charge in [-0.2, -0.15) is 0 Å². The second-order valence-electron chi connectivity index (χ2n) is 6.80. The first-order valence-electron chi connectivity index (χ1n) is 7.76. The van der Waals surface area contributed by atoms with Gasteiger partial charge in [-0.15, -0.1) is 0 Å². The van der Waals surface area contributed by atoms with Crippen LogP contribution in [0.5, 0.6) is 11.5 Å². The Morgan fingerprint density at radius 2 is 2.05 bits per heavy atom. The molecular weight excluding hydrogens is 264 g/mol. The van der Waals surface area contributed by atoms with E-state index in [4.69, 9.17) is 9.47 Å². The number of hydrogen-bond acceptors (Lipinski definition) is 3. The van der Waals surface area contributed by atoms with Gasteiger partial charge in [-0.1, -0.05) is 20.8 Å². The Hall–Kier alpha value is -1.51. The number of rotatable bonds is 5. The highest BCUT2D eigenvalue weighted by molar-refractivity contribution is 5.82. The summed E-state index contributed by atoms with van der Waals surface area (Å²) >= 11 is 0. The summed E-state index contributed by atoms with van der Waals surface area (Å²) in [6.07, 6.45) is 3.64. The van der Waals surface area contributed by atoms with Crippen LogP contribution >= 0.6 is 0 Å². The minimum absolute atomic E-state index is 0.00689. The van der Waals surface area contributed by atoms with Gasteiger partial charge in [-0.25, -0.2) is 0 Å². The van der Waals surface area contributed by atoms with E-state index in [1.807, 2.05) is 18.2 Å². The zero-order valence-corrected chi connectivity index (χ0v) is 13.6. The number of hydrogen-bond donors (Lipinski definition) is 0. The minimum Gasteiger partial charge on any atom is -0.497 e. The fourth-order valence-electron chi connectivity index (χ4n) is 2.85. The number of methoxy groups -OCH3 is 1. The third-order valence-corrected chi connectivity index (χ3v) is 4.15. The molecule has 21 heavy (non-hydrogen) atoms. The lowest BCUT2D eigenvalue weighted by Crippen LogP contribution is -2.16. The van der Waals surface area contributed by atoms with Gasteiger partial charge in [0, 0.05) is 17.9 Å². The van der Waals surface area contributed by atoms with Crippen LogP contribution in [0.25, 0.3) is 0 Å². The zero-order valence-electron chi connectivity index (χ0n) is 13.6. The molecule has 1 atom stereocenters. The Morgan fingerprint density at radius 1 is 1.29 bits per heavy atom. The second kappa shape index (κ2) is 6.50. The zero-order chi connectivity index (χ0) is 15.5. The molecule has 0 spiro atoms. The van der Waals surface area contributed by atoms with Crippen LogP contribution < -0.4 is 9.47 Å². The molecule has 0 radical (unpaired) electrons. The lowest BCUT2D eigenvalue weighted by Gasteiger charge is -2.23. The van der Waals surface area contributed by atoms with Crippen molar-refractivity contribution in [3.63, 3.8) is 0 Å². The summed E-state index contributed by atoms with van der Waals surface area (Å²) in [5.74, 6) is 2.36. The smallest absolute Gasteiger partial charge is 0.136 e. The topological polar surface area (TPSA) is 35.5 Å². The van der Waals surface area contributed by atoms with Crippen molar-refractivity contribution in [1.29, 1.82) is 0 Å². The number of ether oxygens (including phenoxy) is 2. The van der Waals surface area contributed by atoms with E-state index in [-0.39, 0.29) is 11.3 Å². The molecule has 116 valence electrons. The first-order chi connectivity index (χ1) is 9.91. The van der Waals surface area contributed by atoms with Crippen molar-refractivity contribution >= 4 is 5.78 Å². The van der Waals surface area contributed by atoms with Crippen molar-refractivity contribution < 1.29 is 14.3 Å².